The number of likely N-dealkylation sites (tertiary alicyclic amines) is 1. The first kappa shape index (κ1) is 16.7. The SMILES string of the molecule is CC1(C)Oc2c(O)cccc2[C@H]2O[C@H]3CCCN(CC(N)=O)[C@H]3C[C@@H]21. The molecule has 0 radical (unpaired) electrons. The van der Waals surface area contributed by atoms with Crippen molar-refractivity contribution in [2.24, 2.45) is 11.7 Å². The van der Waals surface area contributed by atoms with Gasteiger partial charge in [0.2, 0.25) is 5.91 Å². The molecular weight excluding hydrogens is 320 g/mol. The van der Waals surface area contributed by atoms with E-state index in [1.807, 2.05) is 26.0 Å². The Balaban J connectivity index is 1.68. The minimum atomic E-state index is -0.461. The average molecular weight is 346 g/mol. The van der Waals surface area contributed by atoms with Crippen LogP contribution >= 0.6 is 0 Å². The van der Waals surface area contributed by atoms with Gasteiger partial charge in [0.15, 0.2) is 11.5 Å². The number of hydrogen-bond donors (Lipinski definition) is 2. The number of rotatable bonds is 2. The zero-order chi connectivity index (χ0) is 17.8. The van der Waals surface area contributed by atoms with Crippen LogP contribution in [-0.2, 0) is 9.53 Å². The third-order valence-electron chi connectivity index (χ3n) is 5.96. The van der Waals surface area contributed by atoms with E-state index >= 15 is 0 Å². The number of ether oxygens (including phenoxy) is 2. The first-order valence-corrected chi connectivity index (χ1v) is 9.05. The van der Waals surface area contributed by atoms with Crippen LogP contribution in [0.4, 0.5) is 0 Å². The topological polar surface area (TPSA) is 85.0 Å². The van der Waals surface area contributed by atoms with Crippen LogP contribution in [0.1, 0.15) is 44.8 Å². The Morgan fingerprint density at radius 1 is 1.44 bits per heavy atom. The van der Waals surface area contributed by atoms with E-state index in [1.54, 1.807) is 6.07 Å². The maximum absolute atomic E-state index is 11.4. The lowest BCUT2D eigenvalue weighted by Crippen LogP contribution is -2.59. The Labute approximate surface area is 147 Å². The normalized spacial score (nSPS) is 33.5. The van der Waals surface area contributed by atoms with Crippen molar-refractivity contribution in [3.63, 3.8) is 0 Å². The van der Waals surface area contributed by atoms with Gasteiger partial charge in [-0.1, -0.05) is 12.1 Å². The van der Waals surface area contributed by atoms with Crippen molar-refractivity contribution in [2.75, 3.05) is 13.1 Å². The van der Waals surface area contributed by atoms with Gasteiger partial charge in [-0.2, -0.15) is 0 Å². The Hall–Kier alpha value is -1.79. The van der Waals surface area contributed by atoms with Crippen molar-refractivity contribution >= 4 is 5.91 Å². The van der Waals surface area contributed by atoms with E-state index in [9.17, 15) is 9.90 Å². The fraction of sp³-hybridized carbons (Fsp3) is 0.632. The number of fused-ring (bicyclic) bond motifs is 4. The van der Waals surface area contributed by atoms with E-state index in [-0.39, 0.29) is 42.4 Å². The highest BCUT2D eigenvalue weighted by Crippen LogP contribution is 2.54. The Bertz CT molecular complexity index is 690. The molecule has 4 rings (SSSR count). The highest BCUT2D eigenvalue weighted by molar-refractivity contribution is 5.76. The number of para-hydroxylation sites is 1. The number of nitrogens with two attached hydrogens (primary N) is 1. The van der Waals surface area contributed by atoms with E-state index in [2.05, 4.69) is 4.90 Å². The molecule has 2 fully saturated rings. The summed E-state index contributed by atoms with van der Waals surface area (Å²) in [5.41, 5.74) is 5.90. The zero-order valence-corrected chi connectivity index (χ0v) is 14.8. The molecule has 3 aliphatic heterocycles. The molecule has 136 valence electrons. The van der Waals surface area contributed by atoms with Crippen molar-refractivity contribution in [1.82, 2.24) is 4.90 Å². The van der Waals surface area contributed by atoms with Crippen LogP contribution in [0.15, 0.2) is 18.2 Å². The number of carbonyl (C=O) groups excluding carboxylic acids is 1. The lowest BCUT2D eigenvalue weighted by molar-refractivity contribution is -0.189. The summed E-state index contributed by atoms with van der Waals surface area (Å²) < 4.78 is 12.7. The van der Waals surface area contributed by atoms with Crippen molar-refractivity contribution in [1.29, 1.82) is 0 Å². The van der Waals surface area contributed by atoms with Crippen LogP contribution in [0.3, 0.4) is 0 Å². The lowest BCUT2D eigenvalue weighted by Gasteiger charge is -2.54. The molecule has 4 atom stereocenters. The fourth-order valence-corrected chi connectivity index (χ4v) is 4.77. The van der Waals surface area contributed by atoms with Crippen LogP contribution in [0.5, 0.6) is 11.5 Å². The maximum Gasteiger partial charge on any atom is 0.231 e. The van der Waals surface area contributed by atoms with Crippen LogP contribution in [0.25, 0.3) is 0 Å². The number of carbonyl (C=O) groups is 1. The van der Waals surface area contributed by atoms with Gasteiger partial charge >= 0.3 is 0 Å². The van der Waals surface area contributed by atoms with Crippen molar-refractivity contribution in [3.8, 4) is 11.5 Å². The van der Waals surface area contributed by atoms with Gasteiger partial charge in [-0.05, 0) is 45.7 Å². The number of primary amides is 1. The number of piperidine rings is 1. The number of hydrogen-bond acceptors (Lipinski definition) is 5. The second kappa shape index (κ2) is 5.88. The van der Waals surface area contributed by atoms with Crippen LogP contribution in [0.2, 0.25) is 0 Å². The number of benzene rings is 1. The quantitative estimate of drug-likeness (QED) is 0.855. The number of nitrogens with zero attached hydrogens (tertiary/aromatic N) is 1. The Morgan fingerprint density at radius 2 is 2.24 bits per heavy atom. The third-order valence-corrected chi connectivity index (χ3v) is 5.96. The predicted molar refractivity (Wildman–Crippen MR) is 92.3 cm³/mol. The summed E-state index contributed by atoms with van der Waals surface area (Å²) in [6.07, 6.45) is 2.86. The second-order valence-electron chi connectivity index (χ2n) is 7.98. The largest absolute Gasteiger partial charge is 0.504 e. The van der Waals surface area contributed by atoms with Crippen molar-refractivity contribution in [2.45, 2.75) is 57.0 Å². The Morgan fingerprint density at radius 3 is 3.00 bits per heavy atom. The van der Waals surface area contributed by atoms with Crippen molar-refractivity contribution in [3.05, 3.63) is 23.8 Å². The van der Waals surface area contributed by atoms with Gasteiger partial charge < -0.3 is 20.3 Å². The molecular formula is C19H26N2O4. The zero-order valence-electron chi connectivity index (χ0n) is 14.8. The minimum absolute atomic E-state index is 0.0819. The standard InChI is InChI=1S/C19H26N2O4/c1-19(2)12-9-13-15(7-4-8-21(13)10-16(20)23)24-17(12)11-5-3-6-14(22)18(11)25-19/h3,5-6,12-13,15,17,22H,4,7-10H2,1-2H3,(H2,20,23)/t12-,13-,15-,17+/m0/s1. The summed E-state index contributed by atoms with van der Waals surface area (Å²) in [7, 11) is 0. The van der Waals surface area contributed by atoms with Gasteiger partial charge in [0.05, 0.1) is 18.8 Å². The van der Waals surface area contributed by atoms with Gasteiger partial charge in [-0.15, -0.1) is 0 Å². The molecule has 0 unspecified atom stereocenters. The number of phenolic OH excluding ortho intramolecular Hbond substituents is 1. The molecule has 0 spiro atoms. The molecule has 3 heterocycles. The summed E-state index contributed by atoms with van der Waals surface area (Å²) in [5.74, 6) is 0.555. The van der Waals surface area contributed by atoms with E-state index in [0.717, 1.165) is 31.4 Å². The predicted octanol–water partition coefficient (Wildman–Crippen LogP) is 1.96. The smallest absolute Gasteiger partial charge is 0.231 e. The maximum atomic E-state index is 11.4. The lowest BCUT2D eigenvalue weighted by atomic mass is 9.72. The van der Waals surface area contributed by atoms with Crippen LogP contribution in [-0.4, -0.2) is 46.7 Å². The average Bonchev–Trinajstić information content (AvgIpc) is 2.54. The molecule has 1 aromatic rings. The monoisotopic (exact) mass is 346 g/mol. The molecule has 0 bridgehead atoms. The molecule has 25 heavy (non-hydrogen) atoms. The van der Waals surface area contributed by atoms with Crippen molar-refractivity contribution < 1.29 is 19.4 Å². The molecule has 0 aromatic heterocycles. The van der Waals surface area contributed by atoms with Gasteiger partial charge in [-0.25, -0.2) is 0 Å². The van der Waals surface area contributed by atoms with Crippen LogP contribution < -0.4 is 10.5 Å². The number of amides is 1. The Kier molecular flexibility index (Phi) is 3.92. The summed E-state index contributed by atoms with van der Waals surface area (Å²) in [6.45, 7) is 5.25. The van der Waals surface area contributed by atoms with Gasteiger partial charge in [0, 0.05) is 17.5 Å². The third kappa shape index (κ3) is 2.77. The van der Waals surface area contributed by atoms with E-state index in [1.165, 1.54) is 0 Å². The molecule has 2 saturated heterocycles. The first-order chi connectivity index (χ1) is 11.9. The molecule has 1 aromatic carbocycles. The second-order valence-corrected chi connectivity index (χ2v) is 7.98. The highest BCUT2D eigenvalue weighted by atomic mass is 16.5. The summed E-state index contributed by atoms with van der Waals surface area (Å²) in [6, 6.07) is 5.65. The molecule has 0 aliphatic carbocycles. The summed E-state index contributed by atoms with van der Waals surface area (Å²) in [4.78, 5) is 13.6. The summed E-state index contributed by atoms with van der Waals surface area (Å²) >= 11 is 0. The molecule has 0 saturated carbocycles. The number of aromatic hydroxyl groups is 1. The first-order valence-electron chi connectivity index (χ1n) is 9.05. The van der Waals surface area contributed by atoms with Gasteiger partial charge in [0.25, 0.3) is 0 Å². The van der Waals surface area contributed by atoms with E-state index < -0.39 is 5.60 Å². The van der Waals surface area contributed by atoms with Gasteiger partial charge in [0.1, 0.15) is 5.60 Å². The highest BCUT2D eigenvalue weighted by Gasteiger charge is 2.52. The molecule has 6 heteroatoms. The van der Waals surface area contributed by atoms with Gasteiger partial charge in [-0.3, -0.25) is 9.69 Å². The van der Waals surface area contributed by atoms with Crippen LogP contribution in [0, 0.1) is 5.92 Å². The van der Waals surface area contributed by atoms with E-state index in [4.69, 9.17) is 15.2 Å². The minimum Gasteiger partial charge on any atom is -0.504 e. The molecule has 6 nitrogen and oxygen atoms in total. The molecule has 3 N–H and O–H groups in total. The summed E-state index contributed by atoms with van der Waals surface area (Å²) in [5, 5.41) is 10.2. The molecule has 3 aliphatic rings. The number of phenols is 1. The van der Waals surface area contributed by atoms with E-state index in [0.29, 0.717) is 5.75 Å². The fourth-order valence-electron chi connectivity index (χ4n) is 4.77. The molecule has 1 amide bonds.